The molecule has 2 rings (SSSR count). The smallest absolute Gasteiger partial charge is 0.315 e. The number of nitrogens with one attached hydrogen (secondary N) is 1. The van der Waals surface area contributed by atoms with Crippen LogP contribution < -0.4 is 16.6 Å². The predicted octanol–water partition coefficient (Wildman–Crippen LogP) is -0.528. The van der Waals surface area contributed by atoms with Crippen molar-refractivity contribution in [3.05, 3.63) is 33.1 Å². The van der Waals surface area contributed by atoms with Crippen LogP contribution in [-0.4, -0.2) is 22.2 Å². The molecule has 0 aliphatic carbocycles. The maximum absolute atomic E-state index is 11.8. The summed E-state index contributed by atoms with van der Waals surface area (Å²) in [6, 6.07) is 1.62. The summed E-state index contributed by atoms with van der Waals surface area (Å²) < 4.78 is 2.79. The quantitative estimate of drug-likeness (QED) is 0.676. The van der Waals surface area contributed by atoms with Crippen molar-refractivity contribution in [1.82, 2.24) is 14.5 Å². The van der Waals surface area contributed by atoms with Gasteiger partial charge in [0.1, 0.15) is 0 Å². The summed E-state index contributed by atoms with van der Waals surface area (Å²) in [7, 11) is 1.51. The Morgan fingerprint density at radius 3 is 2.93 bits per heavy atom. The SMILES string of the molecule is Cn1c(=O)ccn([C@H]2CCCNC2)c1=O. The Balaban J connectivity index is 2.40. The molecule has 5 heteroatoms. The molecule has 1 N–H and O–H groups in total. The lowest BCUT2D eigenvalue weighted by Gasteiger charge is -2.24. The first kappa shape index (κ1) is 10.2. The van der Waals surface area contributed by atoms with Crippen LogP contribution in [0.4, 0.5) is 0 Å². The average molecular weight is 209 g/mol. The van der Waals surface area contributed by atoms with Crippen molar-refractivity contribution in [1.29, 1.82) is 0 Å². The summed E-state index contributed by atoms with van der Waals surface area (Å²) >= 11 is 0. The van der Waals surface area contributed by atoms with Crippen molar-refractivity contribution in [2.75, 3.05) is 13.1 Å². The van der Waals surface area contributed by atoms with Crippen molar-refractivity contribution >= 4 is 0 Å². The normalized spacial score (nSPS) is 21.5. The maximum Gasteiger partial charge on any atom is 0.330 e. The number of nitrogens with zero attached hydrogens (tertiary/aromatic N) is 2. The zero-order valence-corrected chi connectivity index (χ0v) is 8.77. The van der Waals surface area contributed by atoms with E-state index in [4.69, 9.17) is 0 Å². The van der Waals surface area contributed by atoms with E-state index in [0.29, 0.717) is 0 Å². The van der Waals surface area contributed by atoms with Crippen molar-refractivity contribution in [2.24, 2.45) is 7.05 Å². The van der Waals surface area contributed by atoms with Crippen molar-refractivity contribution in [3.63, 3.8) is 0 Å². The van der Waals surface area contributed by atoms with Gasteiger partial charge in [0.05, 0.1) is 6.04 Å². The molecule has 1 fully saturated rings. The second-order valence-electron chi connectivity index (χ2n) is 3.90. The van der Waals surface area contributed by atoms with Gasteiger partial charge in [0.25, 0.3) is 5.56 Å². The van der Waals surface area contributed by atoms with Crippen LogP contribution in [-0.2, 0) is 7.05 Å². The van der Waals surface area contributed by atoms with Crippen LogP contribution in [0.25, 0.3) is 0 Å². The molecule has 15 heavy (non-hydrogen) atoms. The first-order valence-electron chi connectivity index (χ1n) is 5.19. The fraction of sp³-hybridized carbons (Fsp3) is 0.600. The highest BCUT2D eigenvalue weighted by Crippen LogP contribution is 2.13. The fourth-order valence-electron chi connectivity index (χ4n) is 1.94. The van der Waals surface area contributed by atoms with E-state index < -0.39 is 0 Å². The third-order valence-corrected chi connectivity index (χ3v) is 2.88. The van der Waals surface area contributed by atoms with Gasteiger partial charge in [-0.2, -0.15) is 0 Å². The van der Waals surface area contributed by atoms with E-state index in [9.17, 15) is 9.59 Å². The molecule has 1 aromatic rings. The highest BCUT2D eigenvalue weighted by atomic mass is 16.2. The van der Waals surface area contributed by atoms with Gasteiger partial charge in [0.2, 0.25) is 0 Å². The first-order chi connectivity index (χ1) is 7.20. The maximum atomic E-state index is 11.8. The molecule has 0 aromatic carbocycles. The molecule has 0 unspecified atom stereocenters. The first-order valence-corrected chi connectivity index (χ1v) is 5.19. The summed E-state index contributed by atoms with van der Waals surface area (Å²) in [4.78, 5) is 23.0. The molecular formula is C10H15N3O2. The monoisotopic (exact) mass is 209 g/mol. The Hall–Kier alpha value is -1.36. The summed E-state index contributed by atoms with van der Waals surface area (Å²) in [5.74, 6) is 0. The lowest BCUT2D eigenvalue weighted by Crippen LogP contribution is -2.42. The average Bonchev–Trinajstić information content (AvgIpc) is 2.27. The minimum Gasteiger partial charge on any atom is -0.315 e. The van der Waals surface area contributed by atoms with Crippen LogP contribution >= 0.6 is 0 Å². The van der Waals surface area contributed by atoms with Crippen molar-refractivity contribution in [2.45, 2.75) is 18.9 Å². The van der Waals surface area contributed by atoms with Gasteiger partial charge in [-0.1, -0.05) is 0 Å². The number of hydrogen-bond acceptors (Lipinski definition) is 3. The van der Waals surface area contributed by atoms with Gasteiger partial charge < -0.3 is 5.32 Å². The van der Waals surface area contributed by atoms with E-state index in [0.717, 1.165) is 30.5 Å². The second-order valence-corrected chi connectivity index (χ2v) is 3.90. The lowest BCUT2D eigenvalue weighted by atomic mass is 10.1. The van der Waals surface area contributed by atoms with Crippen LogP contribution in [0.3, 0.4) is 0 Å². The van der Waals surface area contributed by atoms with Gasteiger partial charge in [0.15, 0.2) is 0 Å². The molecule has 1 aromatic heterocycles. The fourth-order valence-corrected chi connectivity index (χ4v) is 1.94. The lowest BCUT2D eigenvalue weighted by molar-refractivity contribution is 0.354. The van der Waals surface area contributed by atoms with E-state index >= 15 is 0 Å². The van der Waals surface area contributed by atoms with Gasteiger partial charge in [-0.25, -0.2) is 4.79 Å². The Morgan fingerprint density at radius 2 is 2.27 bits per heavy atom. The molecular weight excluding hydrogens is 194 g/mol. The predicted molar refractivity (Wildman–Crippen MR) is 57.1 cm³/mol. The molecule has 0 saturated carbocycles. The zero-order chi connectivity index (χ0) is 10.8. The van der Waals surface area contributed by atoms with Gasteiger partial charge in [-0.05, 0) is 19.4 Å². The van der Waals surface area contributed by atoms with Crippen LogP contribution in [0.15, 0.2) is 21.9 Å². The van der Waals surface area contributed by atoms with Crippen LogP contribution in [0.5, 0.6) is 0 Å². The minimum atomic E-state index is -0.250. The zero-order valence-electron chi connectivity index (χ0n) is 8.77. The van der Waals surface area contributed by atoms with Gasteiger partial charge in [-0.3, -0.25) is 13.9 Å². The number of aromatic nitrogens is 2. The Bertz CT molecular complexity index is 454. The Labute approximate surface area is 87.3 Å². The molecule has 0 amide bonds. The Kier molecular flexibility index (Phi) is 2.73. The number of piperidine rings is 1. The summed E-state index contributed by atoms with van der Waals surface area (Å²) in [6.07, 6.45) is 3.66. The Morgan fingerprint density at radius 1 is 1.47 bits per heavy atom. The molecule has 0 bridgehead atoms. The molecule has 1 aliphatic rings. The van der Waals surface area contributed by atoms with E-state index in [1.807, 2.05) is 0 Å². The van der Waals surface area contributed by atoms with E-state index in [2.05, 4.69) is 5.32 Å². The highest BCUT2D eigenvalue weighted by molar-refractivity contribution is 4.89. The molecule has 0 spiro atoms. The van der Waals surface area contributed by atoms with Gasteiger partial charge in [0, 0.05) is 25.9 Å². The van der Waals surface area contributed by atoms with Gasteiger partial charge >= 0.3 is 5.69 Å². The molecule has 5 nitrogen and oxygen atoms in total. The summed E-state index contributed by atoms with van der Waals surface area (Å²) in [5.41, 5.74) is -0.476. The molecule has 1 aliphatic heterocycles. The molecule has 0 radical (unpaired) electrons. The second kappa shape index (κ2) is 4.02. The van der Waals surface area contributed by atoms with Crippen LogP contribution in [0.2, 0.25) is 0 Å². The molecule has 2 heterocycles. The molecule has 1 atom stereocenters. The summed E-state index contributed by atoms with van der Waals surface area (Å²) in [6.45, 7) is 1.81. The van der Waals surface area contributed by atoms with E-state index in [1.54, 1.807) is 10.8 Å². The minimum absolute atomic E-state index is 0.179. The van der Waals surface area contributed by atoms with Crippen LogP contribution in [0.1, 0.15) is 18.9 Å². The standard InChI is InChI=1S/C10H15N3O2/c1-12-9(14)4-6-13(10(12)15)8-3-2-5-11-7-8/h4,6,8,11H,2-3,5,7H2,1H3/t8-/m0/s1. The third kappa shape index (κ3) is 1.87. The van der Waals surface area contributed by atoms with Gasteiger partial charge in [-0.15, -0.1) is 0 Å². The largest absolute Gasteiger partial charge is 0.330 e. The van der Waals surface area contributed by atoms with Crippen molar-refractivity contribution in [3.8, 4) is 0 Å². The third-order valence-electron chi connectivity index (χ3n) is 2.88. The van der Waals surface area contributed by atoms with Crippen molar-refractivity contribution < 1.29 is 0 Å². The molecule has 1 saturated heterocycles. The number of rotatable bonds is 1. The number of hydrogen-bond donors (Lipinski definition) is 1. The van der Waals surface area contributed by atoms with E-state index in [-0.39, 0.29) is 17.3 Å². The molecule has 82 valence electrons. The van der Waals surface area contributed by atoms with E-state index in [1.165, 1.54) is 13.1 Å². The van der Waals surface area contributed by atoms with Crippen LogP contribution in [0, 0.1) is 0 Å². The topological polar surface area (TPSA) is 56.0 Å². The highest BCUT2D eigenvalue weighted by Gasteiger charge is 2.16. The summed E-state index contributed by atoms with van der Waals surface area (Å²) in [5, 5.41) is 3.25.